The largest absolute Gasteiger partial charge is 0.385 e. The van der Waals surface area contributed by atoms with Crippen molar-refractivity contribution >= 4 is 5.69 Å². The van der Waals surface area contributed by atoms with Gasteiger partial charge in [-0.25, -0.2) is 0 Å². The molecule has 1 heteroatoms. The molecule has 0 saturated heterocycles. The number of fused-ring (bicyclic) bond motifs is 1. The van der Waals surface area contributed by atoms with E-state index < -0.39 is 0 Å². The van der Waals surface area contributed by atoms with E-state index in [2.05, 4.69) is 37.4 Å². The summed E-state index contributed by atoms with van der Waals surface area (Å²) >= 11 is 0. The highest BCUT2D eigenvalue weighted by Gasteiger charge is 2.14. The molecule has 0 amide bonds. The lowest BCUT2D eigenvalue weighted by atomic mass is 9.92. The number of nitrogens with one attached hydrogen (secondary N) is 1. The summed E-state index contributed by atoms with van der Waals surface area (Å²) in [5.74, 6) is 0.683. The molecule has 1 aromatic rings. The SMILES string of the molecule is [CH2]c1ccc2c(c1)C(C)CCN2. The van der Waals surface area contributed by atoms with Gasteiger partial charge in [-0.1, -0.05) is 19.1 Å². The second kappa shape index (κ2) is 2.81. The zero-order valence-corrected chi connectivity index (χ0v) is 7.43. The molecule has 1 radical (unpaired) electrons. The van der Waals surface area contributed by atoms with Crippen molar-refractivity contribution in [3.8, 4) is 0 Å². The molecule has 63 valence electrons. The molecule has 1 heterocycles. The van der Waals surface area contributed by atoms with Crippen molar-refractivity contribution in [3.05, 3.63) is 36.2 Å². The number of anilines is 1. The molecule has 1 aromatic carbocycles. The van der Waals surface area contributed by atoms with E-state index in [4.69, 9.17) is 0 Å². The minimum Gasteiger partial charge on any atom is -0.385 e. The van der Waals surface area contributed by atoms with Crippen molar-refractivity contribution in [1.29, 1.82) is 0 Å². The van der Waals surface area contributed by atoms with E-state index in [0.29, 0.717) is 5.92 Å². The minimum absolute atomic E-state index is 0.683. The van der Waals surface area contributed by atoms with Gasteiger partial charge in [-0.05, 0) is 36.5 Å². The van der Waals surface area contributed by atoms with Gasteiger partial charge in [-0.15, -0.1) is 0 Å². The lowest BCUT2D eigenvalue weighted by Crippen LogP contribution is -2.14. The number of hydrogen-bond acceptors (Lipinski definition) is 1. The zero-order chi connectivity index (χ0) is 8.55. The van der Waals surface area contributed by atoms with Crippen molar-refractivity contribution in [1.82, 2.24) is 0 Å². The summed E-state index contributed by atoms with van der Waals surface area (Å²) in [6.45, 7) is 7.31. The van der Waals surface area contributed by atoms with Gasteiger partial charge in [0, 0.05) is 12.2 Å². The van der Waals surface area contributed by atoms with Gasteiger partial charge in [-0.2, -0.15) is 0 Å². The molecule has 0 fully saturated rings. The van der Waals surface area contributed by atoms with Gasteiger partial charge >= 0.3 is 0 Å². The highest BCUT2D eigenvalue weighted by Crippen LogP contribution is 2.31. The van der Waals surface area contributed by atoms with Gasteiger partial charge in [0.25, 0.3) is 0 Å². The van der Waals surface area contributed by atoms with Crippen LogP contribution in [-0.4, -0.2) is 6.54 Å². The summed E-state index contributed by atoms with van der Waals surface area (Å²) in [4.78, 5) is 0. The average molecular weight is 160 g/mol. The fourth-order valence-corrected chi connectivity index (χ4v) is 1.76. The Bertz CT molecular complexity index is 291. The monoisotopic (exact) mass is 160 g/mol. The van der Waals surface area contributed by atoms with Crippen molar-refractivity contribution in [3.63, 3.8) is 0 Å². The quantitative estimate of drug-likeness (QED) is 0.615. The molecule has 0 aromatic heterocycles. The molecule has 1 nitrogen and oxygen atoms in total. The molecular weight excluding hydrogens is 146 g/mol. The van der Waals surface area contributed by atoms with Crippen molar-refractivity contribution in [2.75, 3.05) is 11.9 Å². The van der Waals surface area contributed by atoms with E-state index in [1.165, 1.54) is 17.7 Å². The summed E-state index contributed by atoms with van der Waals surface area (Å²) in [6.07, 6.45) is 1.23. The van der Waals surface area contributed by atoms with Crippen LogP contribution in [0.5, 0.6) is 0 Å². The molecule has 1 aliphatic rings. The van der Waals surface area contributed by atoms with Crippen LogP contribution in [0.3, 0.4) is 0 Å². The summed E-state index contributed by atoms with van der Waals surface area (Å²) in [6, 6.07) is 6.38. The Hall–Kier alpha value is -0.980. The molecule has 12 heavy (non-hydrogen) atoms. The third-order valence-electron chi connectivity index (χ3n) is 2.54. The Kier molecular flexibility index (Phi) is 1.80. The van der Waals surface area contributed by atoms with E-state index in [9.17, 15) is 0 Å². The van der Waals surface area contributed by atoms with Crippen molar-refractivity contribution < 1.29 is 0 Å². The van der Waals surface area contributed by atoms with Crippen LogP contribution < -0.4 is 5.32 Å². The molecule has 1 N–H and O–H groups in total. The first-order chi connectivity index (χ1) is 5.77. The Labute approximate surface area is 73.8 Å². The molecule has 0 bridgehead atoms. The first-order valence-corrected chi connectivity index (χ1v) is 4.47. The second-order valence-corrected chi connectivity index (χ2v) is 3.54. The Morgan fingerprint density at radius 2 is 2.33 bits per heavy atom. The summed E-state index contributed by atoms with van der Waals surface area (Å²) in [5, 5.41) is 3.39. The predicted molar refractivity (Wildman–Crippen MR) is 52.4 cm³/mol. The Morgan fingerprint density at radius 3 is 3.17 bits per heavy atom. The molecule has 1 aliphatic heterocycles. The highest BCUT2D eigenvalue weighted by molar-refractivity contribution is 5.56. The van der Waals surface area contributed by atoms with Crippen LogP contribution in [0.4, 0.5) is 5.69 Å². The maximum absolute atomic E-state index is 3.94. The maximum Gasteiger partial charge on any atom is 0.0375 e. The fraction of sp³-hybridized carbons (Fsp3) is 0.364. The first-order valence-electron chi connectivity index (χ1n) is 4.47. The van der Waals surface area contributed by atoms with Crippen LogP contribution in [0.25, 0.3) is 0 Å². The maximum atomic E-state index is 3.94. The molecule has 2 rings (SSSR count). The van der Waals surface area contributed by atoms with E-state index >= 15 is 0 Å². The molecule has 0 aliphatic carbocycles. The topological polar surface area (TPSA) is 12.0 Å². The van der Waals surface area contributed by atoms with E-state index in [0.717, 1.165) is 12.1 Å². The van der Waals surface area contributed by atoms with Crippen LogP contribution in [0.2, 0.25) is 0 Å². The molecule has 0 spiro atoms. The highest BCUT2D eigenvalue weighted by atomic mass is 14.9. The van der Waals surface area contributed by atoms with E-state index in [1.54, 1.807) is 0 Å². The standard InChI is InChI=1S/C11H14N/c1-8-3-4-11-10(7-8)9(2)5-6-12-11/h3-4,7,9,12H,1,5-6H2,2H3. The van der Waals surface area contributed by atoms with Crippen LogP contribution in [0, 0.1) is 6.92 Å². The zero-order valence-electron chi connectivity index (χ0n) is 7.43. The summed E-state index contributed by atoms with van der Waals surface area (Å²) in [5.41, 5.74) is 3.83. The molecular formula is C11H14N. The van der Waals surface area contributed by atoms with Crippen molar-refractivity contribution in [2.24, 2.45) is 0 Å². The molecule has 1 unspecified atom stereocenters. The third-order valence-corrected chi connectivity index (χ3v) is 2.54. The smallest absolute Gasteiger partial charge is 0.0375 e. The lowest BCUT2D eigenvalue weighted by molar-refractivity contribution is 0.683. The first kappa shape index (κ1) is 7.66. The normalized spacial score (nSPS) is 21.3. The van der Waals surface area contributed by atoms with Crippen molar-refractivity contribution in [2.45, 2.75) is 19.3 Å². The lowest BCUT2D eigenvalue weighted by Gasteiger charge is -2.24. The molecule has 1 atom stereocenters. The van der Waals surface area contributed by atoms with Crippen LogP contribution in [0.15, 0.2) is 18.2 Å². The van der Waals surface area contributed by atoms with Crippen LogP contribution in [0.1, 0.15) is 30.4 Å². The van der Waals surface area contributed by atoms with Crippen LogP contribution >= 0.6 is 0 Å². The van der Waals surface area contributed by atoms with Gasteiger partial charge in [0.2, 0.25) is 0 Å². The van der Waals surface area contributed by atoms with Crippen LogP contribution in [-0.2, 0) is 0 Å². The third kappa shape index (κ3) is 1.20. The van der Waals surface area contributed by atoms with Gasteiger partial charge < -0.3 is 5.32 Å². The van der Waals surface area contributed by atoms with Gasteiger partial charge in [0.05, 0.1) is 0 Å². The minimum atomic E-state index is 0.683. The van der Waals surface area contributed by atoms with Gasteiger partial charge in [0.1, 0.15) is 0 Å². The van der Waals surface area contributed by atoms with Gasteiger partial charge in [-0.3, -0.25) is 0 Å². The van der Waals surface area contributed by atoms with Gasteiger partial charge in [0.15, 0.2) is 0 Å². The number of hydrogen-bond donors (Lipinski definition) is 1. The number of benzene rings is 1. The average Bonchev–Trinajstić information content (AvgIpc) is 2.07. The Morgan fingerprint density at radius 1 is 1.50 bits per heavy atom. The second-order valence-electron chi connectivity index (χ2n) is 3.54. The Balaban J connectivity index is 2.47. The fourth-order valence-electron chi connectivity index (χ4n) is 1.76. The van der Waals surface area contributed by atoms with E-state index in [1.807, 2.05) is 0 Å². The molecule has 0 saturated carbocycles. The predicted octanol–water partition coefficient (Wildman–Crippen LogP) is 2.79. The van der Waals surface area contributed by atoms with E-state index in [-0.39, 0.29) is 0 Å². The summed E-state index contributed by atoms with van der Waals surface area (Å²) < 4.78 is 0. The summed E-state index contributed by atoms with van der Waals surface area (Å²) in [7, 11) is 0. The number of rotatable bonds is 0.